The molecule has 46 heavy (non-hydrogen) atoms. The standard InChI is InChI=1S/C18H19Cl2N3.C11H13Cl2N3.C3H3ClO3/c19-16-7-21-8-17(20)18(16)23-11-14-6-15(23)12-22(10-14)9-13-4-2-1-3-5-13;12-9-4-15-5-10(13)11(9)16-6-7-1-8(16)3-14-2-7;1-2(5)7-3(4)6/h1-5,7-8,14-15H,6,9-12H2;4-5,7-8,14H,1-3,6H2;1H3. The molecule has 0 aliphatic carbocycles. The van der Waals surface area contributed by atoms with Crippen molar-refractivity contribution in [2.24, 2.45) is 11.8 Å². The fourth-order valence-electron chi connectivity index (χ4n) is 6.86. The van der Waals surface area contributed by atoms with E-state index in [1.807, 2.05) is 0 Å². The Bertz CT molecular complexity index is 1470. The maximum atomic E-state index is 9.73. The largest absolute Gasteiger partial charge is 0.411 e. The van der Waals surface area contributed by atoms with Crippen molar-refractivity contribution < 1.29 is 14.3 Å². The fraction of sp³-hybridized carbons (Fsp3) is 0.438. The first-order valence-electron chi connectivity index (χ1n) is 15.0. The van der Waals surface area contributed by atoms with Crippen LogP contribution >= 0.6 is 58.0 Å². The molecule has 4 saturated heterocycles. The number of rotatable bonds is 4. The highest BCUT2D eigenvalue weighted by molar-refractivity contribution is 6.61. The van der Waals surface area contributed by atoms with E-state index in [4.69, 9.17) is 46.4 Å². The van der Waals surface area contributed by atoms with Crippen molar-refractivity contribution in [1.29, 1.82) is 0 Å². The van der Waals surface area contributed by atoms with E-state index in [1.54, 1.807) is 24.8 Å². The lowest BCUT2D eigenvalue weighted by molar-refractivity contribution is -0.133. The molecule has 0 saturated carbocycles. The number of aromatic nitrogens is 2. The van der Waals surface area contributed by atoms with Crippen molar-refractivity contribution in [1.82, 2.24) is 20.2 Å². The van der Waals surface area contributed by atoms with Gasteiger partial charge in [0, 0.05) is 94.7 Å². The molecular formula is C32H35Cl5N6O3. The van der Waals surface area contributed by atoms with Gasteiger partial charge in [0.1, 0.15) is 0 Å². The van der Waals surface area contributed by atoms with E-state index in [2.05, 4.69) is 76.7 Å². The maximum Gasteiger partial charge on any atom is 0.411 e. The predicted octanol–water partition coefficient (Wildman–Crippen LogP) is 7.19. The summed E-state index contributed by atoms with van der Waals surface area (Å²) in [4.78, 5) is 34.6. The summed E-state index contributed by atoms with van der Waals surface area (Å²) in [7, 11) is 0. The number of pyridine rings is 2. The topological polar surface area (TPSA) is 90.9 Å². The summed E-state index contributed by atoms with van der Waals surface area (Å²) < 4.78 is 3.74. The number of piperidine rings is 2. The molecule has 0 radical (unpaired) electrons. The molecular weight excluding hydrogens is 694 g/mol. The molecule has 4 bridgehead atoms. The number of carbonyl (C=O) groups is 2. The average Bonchev–Trinajstić information content (AvgIpc) is 3.45. The van der Waals surface area contributed by atoms with E-state index in [0.29, 0.717) is 38.1 Å². The molecule has 4 unspecified atom stereocenters. The van der Waals surface area contributed by atoms with Crippen LogP contribution in [0.3, 0.4) is 0 Å². The number of anilines is 2. The Morgan fingerprint density at radius 2 is 1.33 bits per heavy atom. The van der Waals surface area contributed by atoms with E-state index in [9.17, 15) is 9.59 Å². The third kappa shape index (κ3) is 8.95. The number of esters is 1. The van der Waals surface area contributed by atoms with Gasteiger partial charge in [-0.3, -0.25) is 19.7 Å². The van der Waals surface area contributed by atoms with Crippen LogP contribution in [0.4, 0.5) is 16.2 Å². The number of carbonyl (C=O) groups excluding carboxylic acids is 2. The van der Waals surface area contributed by atoms with Crippen LogP contribution in [0.25, 0.3) is 0 Å². The molecule has 1 N–H and O–H groups in total. The molecule has 4 aliphatic heterocycles. The molecule has 4 fully saturated rings. The highest BCUT2D eigenvalue weighted by Crippen LogP contribution is 2.41. The highest BCUT2D eigenvalue weighted by Gasteiger charge is 2.40. The van der Waals surface area contributed by atoms with Gasteiger partial charge in [0.25, 0.3) is 0 Å². The number of ether oxygens (including phenoxy) is 1. The van der Waals surface area contributed by atoms with Crippen LogP contribution in [0.2, 0.25) is 20.1 Å². The van der Waals surface area contributed by atoms with Gasteiger partial charge in [-0.15, -0.1) is 0 Å². The summed E-state index contributed by atoms with van der Waals surface area (Å²) in [5, 5.41) is 6.05. The third-order valence-corrected chi connectivity index (χ3v) is 9.69. The smallest absolute Gasteiger partial charge is 0.381 e. The number of benzene rings is 1. The minimum absolute atomic E-state index is 0.481. The highest BCUT2D eigenvalue weighted by atomic mass is 35.5. The molecule has 1 aromatic carbocycles. The van der Waals surface area contributed by atoms with Crippen molar-refractivity contribution in [2.45, 2.75) is 38.4 Å². The second kappa shape index (κ2) is 16.2. The molecule has 7 rings (SSSR count). The number of nitrogens with one attached hydrogen (secondary N) is 1. The number of halogens is 5. The predicted molar refractivity (Wildman–Crippen MR) is 185 cm³/mol. The molecule has 0 spiro atoms. The quantitative estimate of drug-likeness (QED) is 0.170. The van der Waals surface area contributed by atoms with Gasteiger partial charge < -0.3 is 19.9 Å². The summed E-state index contributed by atoms with van der Waals surface area (Å²) in [5.41, 5.74) is 2.19. The van der Waals surface area contributed by atoms with Crippen LogP contribution in [-0.4, -0.2) is 77.6 Å². The molecule has 4 atom stereocenters. The van der Waals surface area contributed by atoms with Gasteiger partial charge >= 0.3 is 11.4 Å². The average molecular weight is 729 g/mol. The van der Waals surface area contributed by atoms with Gasteiger partial charge in [0.2, 0.25) is 0 Å². The fourth-order valence-corrected chi connectivity index (χ4v) is 8.13. The molecule has 3 aromatic rings. The van der Waals surface area contributed by atoms with Crippen molar-refractivity contribution in [3.05, 3.63) is 80.8 Å². The summed E-state index contributed by atoms with van der Waals surface area (Å²) in [5.74, 6) is 0.705. The third-order valence-electron chi connectivity index (χ3n) is 8.50. The summed E-state index contributed by atoms with van der Waals surface area (Å²) in [6.45, 7) is 8.50. The molecule has 14 heteroatoms. The summed E-state index contributed by atoms with van der Waals surface area (Å²) in [6, 6.07) is 11.7. The molecule has 9 nitrogen and oxygen atoms in total. The van der Waals surface area contributed by atoms with Crippen LogP contribution in [0.1, 0.15) is 25.3 Å². The number of fused-ring (bicyclic) bond motifs is 4. The van der Waals surface area contributed by atoms with Gasteiger partial charge in [-0.2, -0.15) is 0 Å². The van der Waals surface area contributed by atoms with Gasteiger partial charge in [-0.05, 0) is 36.8 Å². The van der Waals surface area contributed by atoms with Crippen molar-refractivity contribution in [3.63, 3.8) is 0 Å². The molecule has 4 aliphatic rings. The number of likely N-dealkylation sites (tertiary alicyclic amines) is 1. The zero-order valence-electron chi connectivity index (χ0n) is 25.2. The zero-order chi connectivity index (χ0) is 32.8. The first-order chi connectivity index (χ1) is 22.1. The van der Waals surface area contributed by atoms with Gasteiger partial charge in [0.15, 0.2) is 0 Å². The van der Waals surface area contributed by atoms with E-state index in [0.717, 1.165) is 70.0 Å². The van der Waals surface area contributed by atoms with Crippen molar-refractivity contribution >= 4 is 80.8 Å². The number of hydrogen-bond acceptors (Lipinski definition) is 9. The SMILES string of the molecule is CC(=O)OC(=O)Cl.Clc1cncc(Cl)c1N1CC2CC1CN(Cc1ccccc1)C2.Clc1cncc(Cl)c1N1CC2CNCC1C2. The lowest BCUT2D eigenvalue weighted by atomic mass is 9.99. The Labute approximate surface area is 294 Å². The summed E-state index contributed by atoms with van der Waals surface area (Å²) in [6.07, 6.45) is 9.17. The zero-order valence-corrected chi connectivity index (χ0v) is 29.0. The second-order valence-electron chi connectivity index (χ2n) is 11.9. The molecule has 246 valence electrons. The Kier molecular flexibility index (Phi) is 12.3. The van der Waals surface area contributed by atoms with Crippen LogP contribution in [-0.2, 0) is 16.1 Å². The first-order valence-corrected chi connectivity index (χ1v) is 16.9. The van der Waals surface area contributed by atoms with Crippen LogP contribution in [0, 0.1) is 11.8 Å². The van der Waals surface area contributed by atoms with Gasteiger partial charge in [0.05, 0.1) is 31.5 Å². The van der Waals surface area contributed by atoms with Crippen LogP contribution < -0.4 is 15.1 Å². The number of hydrogen-bond donors (Lipinski definition) is 1. The normalized spacial score (nSPS) is 23.2. The van der Waals surface area contributed by atoms with Gasteiger partial charge in [-0.1, -0.05) is 76.7 Å². The lowest BCUT2D eigenvalue weighted by Gasteiger charge is -2.33. The Morgan fingerprint density at radius 3 is 1.85 bits per heavy atom. The molecule has 0 amide bonds. The maximum absolute atomic E-state index is 9.73. The van der Waals surface area contributed by atoms with Crippen LogP contribution in [0.5, 0.6) is 0 Å². The molecule has 6 heterocycles. The Balaban J connectivity index is 0.000000157. The Morgan fingerprint density at radius 1 is 0.783 bits per heavy atom. The van der Waals surface area contributed by atoms with E-state index < -0.39 is 11.4 Å². The number of nitrogens with zero attached hydrogens (tertiary/aromatic N) is 5. The van der Waals surface area contributed by atoms with Crippen molar-refractivity contribution in [3.8, 4) is 0 Å². The van der Waals surface area contributed by atoms with Gasteiger partial charge in [-0.25, -0.2) is 4.79 Å². The van der Waals surface area contributed by atoms with E-state index in [-0.39, 0.29) is 0 Å². The van der Waals surface area contributed by atoms with Crippen LogP contribution in [0.15, 0.2) is 55.1 Å². The summed E-state index contributed by atoms with van der Waals surface area (Å²) >= 11 is 29.7. The second-order valence-corrected chi connectivity index (χ2v) is 13.8. The molecule has 2 aromatic heterocycles. The minimum Gasteiger partial charge on any atom is -0.381 e. The van der Waals surface area contributed by atoms with E-state index >= 15 is 0 Å². The van der Waals surface area contributed by atoms with E-state index in [1.165, 1.54) is 18.4 Å². The Hall–Kier alpha value is -2.37. The van der Waals surface area contributed by atoms with Crippen molar-refractivity contribution in [2.75, 3.05) is 49.1 Å². The lowest BCUT2D eigenvalue weighted by Crippen LogP contribution is -2.42. The first kappa shape index (κ1) is 35.0. The minimum atomic E-state index is -1.09. The monoisotopic (exact) mass is 726 g/mol.